The molecule has 0 unspecified atom stereocenters. The average Bonchev–Trinajstić information content (AvgIpc) is 2.54. The maximum Gasteiger partial charge on any atom is 0.251 e. The lowest BCUT2D eigenvalue weighted by molar-refractivity contribution is -0.116. The van der Waals surface area contributed by atoms with Crippen molar-refractivity contribution in [2.45, 2.75) is 11.6 Å². The number of aromatic amines is 1. The van der Waals surface area contributed by atoms with E-state index in [1.807, 2.05) is 36.4 Å². The number of nitrogens with zero attached hydrogens (tertiary/aromatic N) is 3. The number of rotatable bonds is 6. The summed E-state index contributed by atoms with van der Waals surface area (Å²) in [7, 11) is 0. The van der Waals surface area contributed by atoms with Crippen LogP contribution in [0, 0.1) is 11.3 Å². The van der Waals surface area contributed by atoms with Gasteiger partial charge in [-0.15, -0.1) is 0 Å². The van der Waals surface area contributed by atoms with E-state index in [1.165, 1.54) is 12.3 Å². The van der Waals surface area contributed by atoms with Crippen LogP contribution in [0.5, 0.6) is 0 Å². The minimum absolute atomic E-state index is 0.132. The molecule has 2 aromatic rings. The van der Waals surface area contributed by atoms with Gasteiger partial charge in [0.2, 0.25) is 5.91 Å². The summed E-state index contributed by atoms with van der Waals surface area (Å²) >= 11 is 1.16. The van der Waals surface area contributed by atoms with Gasteiger partial charge >= 0.3 is 0 Å². The van der Waals surface area contributed by atoms with Gasteiger partial charge in [0, 0.05) is 24.5 Å². The lowest BCUT2D eigenvalue weighted by Gasteiger charge is -2.21. The van der Waals surface area contributed by atoms with E-state index < -0.39 is 0 Å². The Kier molecular flexibility index (Phi) is 5.74. The maximum atomic E-state index is 12.4. The van der Waals surface area contributed by atoms with E-state index in [9.17, 15) is 9.59 Å². The second-order valence-corrected chi connectivity index (χ2v) is 5.28. The van der Waals surface area contributed by atoms with Gasteiger partial charge in [0.1, 0.15) is 0 Å². The first-order valence-electron chi connectivity index (χ1n) is 6.61. The number of benzene rings is 1. The fourth-order valence-corrected chi connectivity index (χ4v) is 2.53. The molecule has 22 heavy (non-hydrogen) atoms. The summed E-state index contributed by atoms with van der Waals surface area (Å²) < 4.78 is 0. The molecule has 2 rings (SSSR count). The minimum atomic E-state index is -0.255. The van der Waals surface area contributed by atoms with Crippen molar-refractivity contribution in [3.63, 3.8) is 0 Å². The van der Waals surface area contributed by atoms with Gasteiger partial charge in [-0.05, 0) is 12.1 Å². The van der Waals surface area contributed by atoms with Gasteiger partial charge in [-0.25, -0.2) is 4.98 Å². The SMILES string of the molecule is N#CCCN(C(=O)CSc1nccc(=O)[nH]1)c1ccccc1. The van der Waals surface area contributed by atoms with Crippen molar-refractivity contribution in [3.8, 4) is 6.07 Å². The molecule has 7 heteroatoms. The molecule has 0 aliphatic rings. The van der Waals surface area contributed by atoms with Crippen molar-refractivity contribution in [3.05, 3.63) is 52.9 Å². The Balaban J connectivity index is 2.06. The van der Waals surface area contributed by atoms with E-state index >= 15 is 0 Å². The molecule has 1 aromatic heterocycles. The average molecular weight is 314 g/mol. The van der Waals surface area contributed by atoms with Crippen molar-refractivity contribution in [2.75, 3.05) is 17.2 Å². The topological polar surface area (TPSA) is 89.8 Å². The molecular formula is C15H14N4O2S. The van der Waals surface area contributed by atoms with Crippen LogP contribution in [0.4, 0.5) is 5.69 Å². The number of hydrogen-bond donors (Lipinski definition) is 1. The number of nitrogens with one attached hydrogen (secondary N) is 1. The molecule has 0 bridgehead atoms. The Morgan fingerprint density at radius 2 is 2.09 bits per heavy atom. The molecule has 0 radical (unpaired) electrons. The molecule has 1 heterocycles. The number of carbonyl (C=O) groups is 1. The summed E-state index contributed by atoms with van der Waals surface area (Å²) in [5.41, 5.74) is 0.493. The van der Waals surface area contributed by atoms with Crippen LogP contribution in [-0.2, 0) is 4.79 Å². The summed E-state index contributed by atoms with van der Waals surface area (Å²) in [6, 6.07) is 12.5. The van der Waals surface area contributed by atoms with Gasteiger partial charge in [-0.1, -0.05) is 30.0 Å². The largest absolute Gasteiger partial charge is 0.311 e. The number of carbonyl (C=O) groups excluding carboxylic acids is 1. The minimum Gasteiger partial charge on any atom is -0.311 e. The lowest BCUT2D eigenvalue weighted by Crippen LogP contribution is -2.33. The van der Waals surface area contributed by atoms with Gasteiger partial charge in [0.05, 0.1) is 18.2 Å². The van der Waals surface area contributed by atoms with Crippen LogP contribution >= 0.6 is 11.8 Å². The number of nitriles is 1. The second-order valence-electron chi connectivity index (χ2n) is 4.32. The standard InChI is InChI=1S/C15H14N4O2S/c16-8-4-10-19(12-5-2-1-3-6-12)14(21)11-22-15-17-9-7-13(20)18-15/h1-3,5-7,9H,4,10-11H2,(H,17,18,20). The van der Waals surface area contributed by atoms with E-state index in [2.05, 4.69) is 9.97 Å². The van der Waals surface area contributed by atoms with Crippen LogP contribution in [0.15, 0.2) is 52.5 Å². The third kappa shape index (κ3) is 4.46. The molecule has 0 saturated carbocycles. The van der Waals surface area contributed by atoms with Crippen LogP contribution in [0.3, 0.4) is 0 Å². The summed E-state index contributed by atoms with van der Waals surface area (Å²) in [5, 5.41) is 9.14. The van der Waals surface area contributed by atoms with Crippen molar-refractivity contribution in [1.29, 1.82) is 5.26 Å². The van der Waals surface area contributed by atoms with E-state index in [1.54, 1.807) is 4.90 Å². The molecule has 0 spiro atoms. The number of amides is 1. The number of para-hydroxylation sites is 1. The summed E-state index contributed by atoms with van der Waals surface area (Å²) in [4.78, 5) is 31.7. The van der Waals surface area contributed by atoms with E-state index in [-0.39, 0.29) is 23.6 Å². The van der Waals surface area contributed by atoms with Crippen LogP contribution < -0.4 is 10.5 Å². The van der Waals surface area contributed by atoms with Crippen LogP contribution in [0.1, 0.15) is 6.42 Å². The molecule has 1 aromatic carbocycles. The monoisotopic (exact) mass is 314 g/mol. The van der Waals surface area contributed by atoms with E-state index in [0.29, 0.717) is 11.7 Å². The smallest absolute Gasteiger partial charge is 0.251 e. The number of anilines is 1. The molecular weight excluding hydrogens is 300 g/mol. The molecule has 0 fully saturated rings. The second kappa shape index (κ2) is 8.00. The third-order valence-electron chi connectivity index (χ3n) is 2.80. The van der Waals surface area contributed by atoms with Crippen LogP contribution in [0.2, 0.25) is 0 Å². The molecule has 0 aliphatic heterocycles. The van der Waals surface area contributed by atoms with Crippen LogP contribution in [0.25, 0.3) is 0 Å². The van der Waals surface area contributed by atoms with Crippen LogP contribution in [-0.4, -0.2) is 28.2 Å². The van der Waals surface area contributed by atoms with Crippen molar-refractivity contribution < 1.29 is 4.79 Å². The normalized spacial score (nSPS) is 9.95. The molecule has 6 nitrogen and oxygen atoms in total. The fraction of sp³-hybridized carbons (Fsp3) is 0.200. The van der Waals surface area contributed by atoms with Crippen molar-refractivity contribution in [1.82, 2.24) is 9.97 Å². The van der Waals surface area contributed by atoms with Gasteiger partial charge in [0.15, 0.2) is 5.16 Å². The number of aromatic nitrogens is 2. The molecule has 0 saturated heterocycles. The molecule has 112 valence electrons. The maximum absolute atomic E-state index is 12.4. The zero-order valence-electron chi connectivity index (χ0n) is 11.7. The number of hydrogen-bond acceptors (Lipinski definition) is 5. The quantitative estimate of drug-likeness (QED) is 0.648. The zero-order valence-corrected chi connectivity index (χ0v) is 12.5. The van der Waals surface area contributed by atoms with Gasteiger partial charge in [-0.3, -0.25) is 9.59 Å². The Morgan fingerprint density at radius 1 is 1.32 bits per heavy atom. The Hall–Kier alpha value is -2.59. The number of thioether (sulfide) groups is 1. The molecule has 0 aliphatic carbocycles. The summed E-state index contributed by atoms with van der Waals surface area (Å²) in [6.45, 7) is 0.332. The highest BCUT2D eigenvalue weighted by atomic mass is 32.2. The van der Waals surface area contributed by atoms with Gasteiger partial charge in [-0.2, -0.15) is 5.26 Å². The molecule has 1 amide bonds. The van der Waals surface area contributed by atoms with Crippen molar-refractivity contribution >= 4 is 23.4 Å². The zero-order chi connectivity index (χ0) is 15.8. The Labute approximate surface area is 131 Å². The Bertz CT molecular complexity index is 724. The predicted molar refractivity (Wildman–Crippen MR) is 84.6 cm³/mol. The highest BCUT2D eigenvalue weighted by molar-refractivity contribution is 7.99. The first-order valence-corrected chi connectivity index (χ1v) is 7.60. The molecule has 1 N–H and O–H groups in total. The highest BCUT2D eigenvalue weighted by Gasteiger charge is 2.15. The number of H-pyrrole nitrogens is 1. The van der Waals surface area contributed by atoms with Gasteiger partial charge in [0.25, 0.3) is 5.56 Å². The third-order valence-corrected chi connectivity index (χ3v) is 3.67. The van der Waals surface area contributed by atoms with E-state index in [0.717, 1.165) is 17.4 Å². The van der Waals surface area contributed by atoms with Gasteiger partial charge < -0.3 is 9.88 Å². The lowest BCUT2D eigenvalue weighted by atomic mass is 10.2. The van der Waals surface area contributed by atoms with E-state index in [4.69, 9.17) is 5.26 Å². The van der Waals surface area contributed by atoms with Crippen molar-refractivity contribution in [2.24, 2.45) is 0 Å². The highest BCUT2D eigenvalue weighted by Crippen LogP contribution is 2.17. The first kappa shape index (κ1) is 15.8. The first-order chi connectivity index (χ1) is 10.7. The summed E-state index contributed by atoms with van der Waals surface area (Å²) in [5.74, 6) is -0.00857. The fourth-order valence-electron chi connectivity index (χ4n) is 1.80. The predicted octanol–water partition coefficient (Wildman–Crippen LogP) is 1.81. The molecule has 0 atom stereocenters. The summed E-state index contributed by atoms with van der Waals surface area (Å²) in [6.07, 6.45) is 1.65. The Morgan fingerprint density at radius 3 is 2.77 bits per heavy atom.